The fourth-order valence-electron chi connectivity index (χ4n) is 0.446. The summed E-state index contributed by atoms with van der Waals surface area (Å²) in [5.74, 6) is -1.06. The van der Waals surface area contributed by atoms with Crippen LogP contribution in [0.15, 0.2) is 0 Å². The van der Waals surface area contributed by atoms with Crippen LogP contribution in [0.4, 0.5) is 4.39 Å². The highest BCUT2D eigenvalue weighted by atomic mass is 35.5. The van der Waals surface area contributed by atoms with Gasteiger partial charge < -0.3 is 4.74 Å². The van der Waals surface area contributed by atoms with E-state index in [-0.39, 0.29) is 0 Å². The molecular formula is C7H10ClFO3. The SMILES string of the molecule is CC(C)(C)OC(=O)C(Cl)C(=O)F. The molecule has 3 nitrogen and oxygen atoms in total. The van der Waals surface area contributed by atoms with Crippen LogP contribution in [-0.2, 0) is 14.3 Å². The summed E-state index contributed by atoms with van der Waals surface area (Å²) >= 11 is 5.07. The van der Waals surface area contributed by atoms with Gasteiger partial charge in [0.05, 0.1) is 0 Å². The van der Waals surface area contributed by atoms with E-state index in [0.29, 0.717) is 0 Å². The molecule has 0 aromatic heterocycles. The Hall–Kier alpha value is -0.640. The minimum absolute atomic E-state index is 0.764. The van der Waals surface area contributed by atoms with Crippen molar-refractivity contribution in [1.29, 1.82) is 0 Å². The molecule has 70 valence electrons. The van der Waals surface area contributed by atoms with Crippen molar-refractivity contribution in [2.75, 3.05) is 0 Å². The number of carbonyl (C=O) groups is 2. The molecule has 0 saturated carbocycles. The molecule has 0 aliphatic carbocycles. The number of halogens is 2. The van der Waals surface area contributed by atoms with E-state index in [2.05, 4.69) is 4.74 Å². The Morgan fingerprint density at radius 2 is 1.83 bits per heavy atom. The number of rotatable bonds is 2. The molecule has 5 heteroatoms. The Kier molecular flexibility index (Phi) is 3.64. The van der Waals surface area contributed by atoms with Gasteiger partial charge in [0.1, 0.15) is 5.60 Å². The van der Waals surface area contributed by atoms with Crippen molar-refractivity contribution in [3.63, 3.8) is 0 Å². The van der Waals surface area contributed by atoms with Gasteiger partial charge in [-0.3, -0.25) is 4.79 Å². The molecule has 0 spiro atoms. The average Bonchev–Trinajstić information content (AvgIpc) is 1.82. The van der Waals surface area contributed by atoms with Crippen molar-refractivity contribution in [2.24, 2.45) is 0 Å². The number of hydrogen-bond acceptors (Lipinski definition) is 3. The molecule has 1 atom stereocenters. The Bertz CT molecular complexity index is 197. The summed E-state index contributed by atoms with van der Waals surface area (Å²) in [6.07, 6.45) is 0. The summed E-state index contributed by atoms with van der Waals surface area (Å²) in [5, 5.41) is -1.84. The van der Waals surface area contributed by atoms with Gasteiger partial charge in [-0.1, -0.05) is 11.6 Å². The van der Waals surface area contributed by atoms with E-state index in [4.69, 9.17) is 11.6 Å². The number of hydrogen-bond donors (Lipinski definition) is 0. The minimum atomic E-state index is -1.90. The fourth-order valence-corrected chi connectivity index (χ4v) is 0.491. The lowest BCUT2D eigenvalue weighted by Crippen LogP contribution is -2.32. The lowest BCUT2D eigenvalue weighted by molar-refractivity contribution is -0.157. The predicted molar refractivity (Wildman–Crippen MR) is 41.6 cm³/mol. The van der Waals surface area contributed by atoms with Crippen LogP contribution in [0.2, 0.25) is 0 Å². The molecule has 0 aliphatic heterocycles. The van der Waals surface area contributed by atoms with Gasteiger partial charge in [-0.2, -0.15) is 4.39 Å². The van der Waals surface area contributed by atoms with Gasteiger partial charge in [-0.15, -0.1) is 0 Å². The first-order valence-corrected chi connectivity index (χ1v) is 3.74. The van der Waals surface area contributed by atoms with Crippen LogP contribution in [0, 0.1) is 0 Å². The molecule has 0 aromatic carbocycles. The summed E-state index contributed by atoms with van der Waals surface area (Å²) in [4.78, 5) is 20.8. The third-order valence-electron chi connectivity index (χ3n) is 0.813. The van der Waals surface area contributed by atoms with Crippen molar-refractivity contribution >= 4 is 23.6 Å². The van der Waals surface area contributed by atoms with Gasteiger partial charge in [-0.25, -0.2) is 4.79 Å². The molecule has 0 saturated heterocycles. The molecule has 0 amide bonds. The largest absolute Gasteiger partial charge is 0.458 e. The third-order valence-corrected chi connectivity index (χ3v) is 1.16. The molecule has 0 bridgehead atoms. The van der Waals surface area contributed by atoms with Crippen LogP contribution in [0.25, 0.3) is 0 Å². The Balaban J connectivity index is 4.15. The number of carbonyl (C=O) groups excluding carboxylic acids is 2. The quantitative estimate of drug-likeness (QED) is 0.291. The van der Waals surface area contributed by atoms with Crippen molar-refractivity contribution < 1.29 is 18.7 Å². The minimum Gasteiger partial charge on any atom is -0.458 e. The highest BCUT2D eigenvalue weighted by molar-refractivity contribution is 6.39. The maximum atomic E-state index is 11.8. The van der Waals surface area contributed by atoms with Crippen molar-refractivity contribution in [3.8, 4) is 0 Å². The number of ether oxygens (including phenoxy) is 1. The van der Waals surface area contributed by atoms with E-state index in [1.165, 1.54) is 0 Å². The Morgan fingerprint density at radius 3 is 2.08 bits per heavy atom. The average molecular weight is 197 g/mol. The van der Waals surface area contributed by atoms with E-state index in [1.54, 1.807) is 20.8 Å². The lowest BCUT2D eigenvalue weighted by atomic mass is 10.2. The van der Waals surface area contributed by atoms with E-state index in [1.807, 2.05) is 0 Å². The smallest absolute Gasteiger partial charge is 0.335 e. The van der Waals surface area contributed by atoms with E-state index in [0.717, 1.165) is 0 Å². The van der Waals surface area contributed by atoms with E-state index in [9.17, 15) is 14.0 Å². The van der Waals surface area contributed by atoms with E-state index >= 15 is 0 Å². The van der Waals surface area contributed by atoms with Crippen molar-refractivity contribution in [3.05, 3.63) is 0 Å². The first-order chi connectivity index (χ1) is 5.24. The van der Waals surface area contributed by atoms with Gasteiger partial charge in [0.25, 0.3) is 0 Å². The Labute approximate surface area is 74.8 Å². The Morgan fingerprint density at radius 1 is 1.42 bits per heavy atom. The molecule has 12 heavy (non-hydrogen) atoms. The zero-order valence-corrected chi connectivity index (χ0v) is 7.81. The second-order valence-electron chi connectivity index (χ2n) is 3.20. The van der Waals surface area contributed by atoms with Gasteiger partial charge in [0.15, 0.2) is 0 Å². The van der Waals surface area contributed by atoms with Crippen LogP contribution in [0.1, 0.15) is 20.8 Å². The topological polar surface area (TPSA) is 43.4 Å². The van der Waals surface area contributed by atoms with Crippen LogP contribution in [-0.4, -0.2) is 23.0 Å². The molecule has 1 unspecified atom stereocenters. The second-order valence-corrected chi connectivity index (χ2v) is 3.64. The van der Waals surface area contributed by atoms with Gasteiger partial charge in [-0.05, 0) is 20.8 Å². The van der Waals surface area contributed by atoms with Crippen LogP contribution >= 0.6 is 11.6 Å². The van der Waals surface area contributed by atoms with Crippen LogP contribution < -0.4 is 0 Å². The molecule has 0 aliphatic rings. The summed E-state index contributed by atoms with van der Waals surface area (Å²) < 4.78 is 16.5. The van der Waals surface area contributed by atoms with Gasteiger partial charge in [0, 0.05) is 0 Å². The van der Waals surface area contributed by atoms with Crippen LogP contribution in [0.5, 0.6) is 0 Å². The first-order valence-electron chi connectivity index (χ1n) is 3.30. The summed E-state index contributed by atoms with van der Waals surface area (Å²) in [6, 6.07) is -1.90. The predicted octanol–water partition coefficient (Wildman–Crippen LogP) is 1.43. The molecule has 0 heterocycles. The van der Waals surface area contributed by atoms with Gasteiger partial charge in [0.2, 0.25) is 5.38 Å². The second kappa shape index (κ2) is 3.85. The fraction of sp³-hybridized carbons (Fsp3) is 0.714. The summed E-state index contributed by atoms with van der Waals surface area (Å²) in [7, 11) is 0. The highest BCUT2D eigenvalue weighted by Crippen LogP contribution is 2.11. The first kappa shape index (κ1) is 11.4. The van der Waals surface area contributed by atoms with Gasteiger partial charge >= 0.3 is 12.0 Å². The number of esters is 1. The zero-order valence-electron chi connectivity index (χ0n) is 7.06. The van der Waals surface area contributed by atoms with Crippen LogP contribution in [0.3, 0.4) is 0 Å². The molecule has 0 aromatic rings. The summed E-state index contributed by atoms with van der Waals surface area (Å²) in [5.41, 5.74) is -0.764. The standard InChI is InChI=1S/C7H10ClFO3/c1-7(2,3)12-6(11)4(8)5(9)10/h4H,1-3H3. The van der Waals surface area contributed by atoms with E-state index < -0.39 is 23.0 Å². The third kappa shape index (κ3) is 4.28. The summed E-state index contributed by atoms with van der Waals surface area (Å²) in [6.45, 7) is 4.78. The molecule has 0 fully saturated rings. The lowest BCUT2D eigenvalue weighted by Gasteiger charge is -2.19. The molecular weight excluding hydrogens is 187 g/mol. The maximum absolute atomic E-state index is 11.8. The zero-order chi connectivity index (χ0) is 9.94. The maximum Gasteiger partial charge on any atom is 0.335 e. The monoisotopic (exact) mass is 196 g/mol. The molecule has 0 N–H and O–H groups in total. The molecule has 0 rings (SSSR count). The van der Waals surface area contributed by atoms with Crippen molar-refractivity contribution in [2.45, 2.75) is 31.7 Å². The number of alkyl halides is 1. The van der Waals surface area contributed by atoms with Crippen molar-refractivity contribution in [1.82, 2.24) is 0 Å². The normalized spacial score (nSPS) is 13.8. The highest BCUT2D eigenvalue weighted by Gasteiger charge is 2.29. The molecule has 0 radical (unpaired) electrons.